The van der Waals surface area contributed by atoms with Crippen molar-refractivity contribution in [2.45, 2.75) is 0 Å². The summed E-state index contributed by atoms with van der Waals surface area (Å²) in [7, 11) is 0. The van der Waals surface area contributed by atoms with E-state index in [1.165, 1.54) is 0 Å². The second-order valence-corrected chi connectivity index (χ2v) is 5.99. The van der Waals surface area contributed by atoms with Crippen LogP contribution in [0.3, 0.4) is 0 Å². The lowest BCUT2D eigenvalue weighted by Crippen LogP contribution is -2.14. The Morgan fingerprint density at radius 2 is 1.61 bits per heavy atom. The summed E-state index contributed by atoms with van der Waals surface area (Å²) in [5, 5.41) is 2.01. The van der Waals surface area contributed by atoms with Gasteiger partial charge in [-0.3, -0.25) is 4.79 Å². The molecule has 23 heavy (non-hydrogen) atoms. The predicted octanol–water partition coefficient (Wildman–Crippen LogP) is 4.64. The molecule has 0 amide bonds. The van der Waals surface area contributed by atoms with Crippen LogP contribution in [0.15, 0.2) is 71.2 Å². The van der Waals surface area contributed by atoms with Gasteiger partial charge in [-0.2, -0.15) is 0 Å². The van der Waals surface area contributed by atoms with Crippen molar-refractivity contribution in [1.82, 2.24) is 0 Å². The standard InChI is InChI=1S/C19H13BrO3/c20-17-7-3-6-15(11-17)18(21)12-23-19(22)16-9-8-13-4-1-2-5-14(13)10-16/h1-11H,12H2. The van der Waals surface area contributed by atoms with Crippen molar-refractivity contribution in [1.29, 1.82) is 0 Å². The zero-order valence-electron chi connectivity index (χ0n) is 12.2. The second kappa shape index (κ2) is 6.75. The van der Waals surface area contributed by atoms with Crippen LogP contribution >= 0.6 is 15.9 Å². The van der Waals surface area contributed by atoms with Crippen LogP contribution in [-0.4, -0.2) is 18.4 Å². The molecule has 0 radical (unpaired) electrons. The summed E-state index contributed by atoms with van der Waals surface area (Å²) in [6, 6.07) is 20.1. The van der Waals surface area contributed by atoms with E-state index in [9.17, 15) is 9.59 Å². The number of benzene rings is 3. The Hall–Kier alpha value is -2.46. The zero-order chi connectivity index (χ0) is 16.2. The largest absolute Gasteiger partial charge is 0.454 e. The monoisotopic (exact) mass is 368 g/mol. The first-order chi connectivity index (χ1) is 11.1. The van der Waals surface area contributed by atoms with Crippen molar-refractivity contribution in [3.8, 4) is 0 Å². The molecule has 3 aromatic rings. The molecule has 0 spiro atoms. The van der Waals surface area contributed by atoms with E-state index in [0.717, 1.165) is 15.2 Å². The average molecular weight is 369 g/mol. The molecule has 0 aromatic heterocycles. The lowest BCUT2D eigenvalue weighted by Gasteiger charge is -2.06. The summed E-state index contributed by atoms with van der Waals surface area (Å²) in [4.78, 5) is 24.2. The highest BCUT2D eigenvalue weighted by atomic mass is 79.9. The van der Waals surface area contributed by atoms with Crippen LogP contribution in [0, 0.1) is 0 Å². The van der Waals surface area contributed by atoms with Crippen LogP contribution in [0.4, 0.5) is 0 Å². The molecular weight excluding hydrogens is 356 g/mol. The van der Waals surface area contributed by atoms with E-state index in [2.05, 4.69) is 15.9 Å². The van der Waals surface area contributed by atoms with Crippen molar-refractivity contribution < 1.29 is 14.3 Å². The van der Waals surface area contributed by atoms with Gasteiger partial charge in [0.25, 0.3) is 0 Å². The molecule has 0 N–H and O–H groups in total. The minimum atomic E-state index is -0.501. The van der Waals surface area contributed by atoms with Gasteiger partial charge in [0.1, 0.15) is 0 Å². The minimum absolute atomic E-state index is 0.236. The highest BCUT2D eigenvalue weighted by molar-refractivity contribution is 9.10. The SMILES string of the molecule is O=C(COC(=O)c1ccc2ccccc2c1)c1cccc(Br)c1. The molecule has 0 aliphatic heterocycles. The van der Waals surface area contributed by atoms with E-state index in [1.807, 2.05) is 36.4 Å². The van der Waals surface area contributed by atoms with Gasteiger partial charge in [0.05, 0.1) is 5.56 Å². The number of hydrogen-bond acceptors (Lipinski definition) is 3. The molecule has 0 aliphatic carbocycles. The van der Waals surface area contributed by atoms with Crippen molar-refractivity contribution in [3.63, 3.8) is 0 Å². The number of esters is 1. The molecule has 0 heterocycles. The number of carbonyl (C=O) groups is 2. The molecule has 4 heteroatoms. The fourth-order valence-electron chi connectivity index (χ4n) is 2.28. The molecule has 0 saturated carbocycles. The van der Waals surface area contributed by atoms with Gasteiger partial charge in [-0.1, -0.05) is 58.4 Å². The number of Topliss-reactive ketones (excluding diaryl/α,β-unsaturated/α-hetero) is 1. The van der Waals surface area contributed by atoms with Crippen molar-refractivity contribution >= 4 is 38.5 Å². The van der Waals surface area contributed by atoms with Gasteiger partial charge in [0.2, 0.25) is 0 Å². The number of halogens is 1. The van der Waals surface area contributed by atoms with Crippen molar-refractivity contribution in [3.05, 3.63) is 82.3 Å². The normalized spacial score (nSPS) is 10.5. The van der Waals surface area contributed by atoms with E-state index in [-0.39, 0.29) is 12.4 Å². The van der Waals surface area contributed by atoms with E-state index >= 15 is 0 Å². The first kappa shape index (κ1) is 15.4. The molecule has 3 nitrogen and oxygen atoms in total. The van der Waals surface area contributed by atoms with E-state index in [1.54, 1.807) is 30.3 Å². The van der Waals surface area contributed by atoms with Crippen LogP contribution in [0.5, 0.6) is 0 Å². The van der Waals surface area contributed by atoms with E-state index < -0.39 is 5.97 Å². The summed E-state index contributed by atoms with van der Waals surface area (Å²) in [5.74, 6) is -0.737. The molecule has 0 fully saturated rings. The maximum atomic E-state index is 12.1. The van der Waals surface area contributed by atoms with Gasteiger partial charge in [-0.25, -0.2) is 4.79 Å². The molecule has 3 rings (SSSR count). The molecule has 0 atom stereocenters. The number of carbonyl (C=O) groups excluding carboxylic acids is 2. The average Bonchev–Trinajstić information content (AvgIpc) is 2.59. The number of fused-ring (bicyclic) bond motifs is 1. The summed E-state index contributed by atoms with van der Waals surface area (Å²) < 4.78 is 5.94. The number of rotatable bonds is 4. The molecule has 114 valence electrons. The van der Waals surface area contributed by atoms with Gasteiger partial charge in [0.15, 0.2) is 12.4 Å². The van der Waals surface area contributed by atoms with Crippen molar-refractivity contribution in [2.24, 2.45) is 0 Å². The van der Waals surface area contributed by atoms with Crippen LogP contribution in [-0.2, 0) is 4.74 Å². The molecule has 0 aliphatic rings. The van der Waals surface area contributed by atoms with Gasteiger partial charge in [-0.15, -0.1) is 0 Å². The third kappa shape index (κ3) is 3.66. The summed E-state index contributed by atoms with van der Waals surface area (Å²) >= 11 is 3.31. The van der Waals surface area contributed by atoms with E-state index in [0.29, 0.717) is 11.1 Å². The molecule has 0 saturated heterocycles. The first-order valence-electron chi connectivity index (χ1n) is 7.08. The highest BCUT2D eigenvalue weighted by Gasteiger charge is 2.12. The third-order valence-electron chi connectivity index (χ3n) is 3.47. The van der Waals surface area contributed by atoms with E-state index in [4.69, 9.17) is 4.74 Å². The Morgan fingerprint density at radius 3 is 2.39 bits per heavy atom. The van der Waals surface area contributed by atoms with Crippen LogP contribution < -0.4 is 0 Å². The lowest BCUT2D eigenvalue weighted by molar-refractivity contribution is 0.0475. The first-order valence-corrected chi connectivity index (χ1v) is 7.87. The number of hydrogen-bond donors (Lipinski definition) is 0. The predicted molar refractivity (Wildman–Crippen MR) is 92.7 cm³/mol. The Kier molecular flexibility index (Phi) is 4.53. The molecular formula is C19H13BrO3. The highest BCUT2D eigenvalue weighted by Crippen LogP contribution is 2.17. The van der Waals surface area contributed by atoms with Crippen molar-refractivity contribution in [2.75, 3.05) is 6.61 Å². The van der Waals surface area contributed by atoms with Crippen LogP contribution in [0.2, 0.25) is 0 Å². The Balaban J connectivity index is 1.69. The maximum absolute atomic E-state index is 12.1. The number of ether oxygens (including phenoxy) is 1. The summed E-state index contributed by atoms with van der Waals surface area (Å²) in [6.07, 6.45) is 0. The Labute approximate surface area is 142 Å². The topological polar surface area (TPSA) is 43.4 Å². The van der Waals surface area contributed by atoms with Crippen LogP contribution in [0.1, 0.15) is 20.7 Å². The summed E-state index contributed by atoms with van der Waals surface area (Å²) in [5.41, 5.74) is 0.941. The quantitative estimate of drug-likeness (QED) is 0.497. The zero-order valence-corrected chi connectivity index (χ0v) is 13.7. The fraction of sp³-hybridized carbons (Fsp3) is 0.0526. The smallest absolute Gasteiger partial charge is 0.338 e. The number of ketones is 1. The second-order valence-electron chi connectivity index (χ2n) is 5.07. The minimum Gasteiger partial charge on any atom is -0.454 e. The lowest BCUT2D eigenvalue weighted by atomic mass is 10.1. The molecule has 0 unspecified atom stereocenters. The van der Waals surface area contributed by atoms with Crippen LogP contribution in [0.25, 0.3) is 10.8 Å². The van der Waals surface area contributed by atoms with Gasteiger partial charge in [-0.05, 0) is 35.0 Å². The molecule has 0 bridgehead atoms. The third-order valence-corrected chi connectivity index (χ3v) is 3.96. The van der Waals surface area contributed by atoms with Gasteiger partial charge in [0, 0.05) is 10.0 Å². The Morgan fingerprint density at radius 1 is 0.826 bits per heavy atom. The van der Waals surface area contributed by atoms with Gasteiger partial charge < -0.3 is 4.74 Å². The molecule has 3 aromatic carbocycles. The summed E-state index contributed by atoms with van der Waals surface area (Å²) in [6.45, 7) is -0.276. The Bertz CT molecular complexity index is 886. The maximum Gasteiger partial charge on any atom is 0.338 e. The van der Waals surface area contributed by atoms with Gasteiger partial charge >= 0.3 is 5.97 Å². The fourth-order valence-corrected chi connectivity index (χ4v) is 2.68.